The van der Waals surface area contributed by atoms with Crippen LogP contribution >= 0.6 is 0 Å². The van der Waals surface area contributed by atoms with Crippen molar-refractivity contribution >= 4 is 10.0 Å². The molecule has 2 aromatic carbocycles. The third kappa shape index (κ3) is 3.22. The lowest BCUT2D eigenvalue weighted by molar-refractivity contribution is 0.573. The van der Waals surface area contributed by atoms with Crippen molar-refractivity contribution < 1.29 is 12.8 Å². The SMILES string of the molecule is NCc1ccccc1S(=O)(=O)NCc1ccccc1F. The van der Waals surface area contributed by atoms with Crippen LogP contribution in [0.2, 0.25) is 0 Å². The summed E-state index contributed by atoms with van der Waals surface area (Å²) >= 11 is 0. The first-order valence-electron chi connectivity index (χ1n) is 6.05. The molecular weight excluding hydrogens is 279 g/mol. The van der Waals surface area contributed by atoms with Crippen LogP contribution < -0.4 is 10.5 Å². The van der Waals surface area contributed by atoms with Gasteiger partial charge < -0.3 is 5.73 Å². The molecule has 0 amide bonds. The molecule has 0 bridgehead atoms. The Morgan fingerprint density at radius 2 is 1.60 bits per heavy atom. The first-order chi connectivity index (χ1) is 9.54. The molecular formula is C14H15FN2O2S. The number of hydrogen-bond acceptors (Lipinski definition) is 3. The highest BCUT2D eigenvalue weighted by molar-refractivity contribution is 7.89. The summed E-state index contributed by atoms with van der Waals surface area (Å²) in [7, 11) is -3.71. The molecule has 4 nitrogen and oxygen atoms in total. The molecule has 20 heavy (non-hydrogen) atoms. The number of halogens is 1. The molecule has 0 spiro atoms. The molecule has 2 aromatic rings. The number of nitrogens with two attached hydrogens (primary N) is 1. The molecule has 0 atom stereocenters. The Bertz CT molecular complexity index is 702. The van der Waals surface area contributed by atoms with E-state index in [4.69, 9.17) is 5.73 Å². The van der Waals surface area contributed by atoms with Gasteiger partial charge in [0, 0.05) is 18.7 Å². The van der Waals surface area contributed by atoms with E-state index in [2.05, 4.69) is 4.72 Å². The number of rotatable bonds is 5. The highest BCUT2D eigenvalue weighted by atomic mass is 32.2. The summed E-state index contributed by atoms with van der Waals surface area (Å²) in [6.07, 6.45) is 0. The molecule has 0 unspecified atom stereocenters. The summed E-state index contributed by atoms with van der Waals surface area (Å²) in [4.78, 5) is 0.124. The zero-order valence-corrected chi connectivity index (χ0v) is 11.5. The molecule has 6 heteroatoms. The average Bonchev–Trinajstić information content (AvgIpc) is 2.46. The van der Waals surface area contributed by atoms with E-state index in [-0.39, 0.29) is 18.0 Å². The number of sulfonamides is 1. The summed E-state index contributed by atoms with van der Waals surface area (Å²) in [5, 5.41) is 0. The third-order valence-corrected chi connectivity index (χ3v) is 4.39. The lowest BCUT2D eigenvalue weighted by atomic mass is 10.2. The second kappa shape index (κ2) is 6.13. The zero-order chi connectivity index (χ0) is 14.6. The van der Waals surface area contributed by atoms with Gasteiger partial charge >= 0.3 is 0 Å². The van der Waals surface area contributed by atoms with Gasteiger partial charge in [0.1, 0.15) is 5.82 Å². The molecule has 0 radical (unpaired) electrons. The maximum absolute atomic E-state index is 13.5. The molecule has 106 valence electrons. The zero-order valence-electron chi connectivity index (χ0n) is 10.7. The summed E-state index contributed by atoms with van der Waals surface area (Å²) < 4.78 is 40.3. The minimum atomic E-state index is -3.71. The quantitative estimate of drug-likeness (QED) is 0.882. The van der Waals surface area contributed by atoms with E-state index in [1.807, 2.05) is 0 Å². The molecule has 0 aliphatic rings. The van der Waals surface area contributed by atoms with Gasteiger partial charge in [-0.2, -0.15) is 0 Å². The van der Waals surface area contributed by atoms with Crippen molar-refractivity contribution in [1.29, 1.82) is 0 Å². The fraction of sp³-hybridized carbons (Fsp3) is 0.143. The van der Waals surface area contributed by atoms with Crippen LogP contribution in [-0.2, 0) is 23.1 Å². The van der Waals surface area contributed by atoms with Crippen LogP contribution in [-0.4, -0.2) is 8.42 Å². The Hall–Kier alpha value is -1.76. The molecule has 0 fully saturated rings. The molecule has 0 aromatic heterocycles. The smallest absolute Gasteiger partial charge is 0.241 e. The molecule has 0 aliphatic heterocycles. The van der Waals surface area contributed by atoms with Gasteiger partial charge in [0.05, 0.1) is 4.90 Å². The van der Waals surface area contributed by atoms with Crippen LogP contribution in [0.3, 0.4) is 0 Å². The Morgan fingerprint density at radius 1 is 1.00 bits per heavy atom. The predicted molar refractivity (Wildman–Crippen MR) is 74.8 cm³/mol. The van der Waals surface area contributed by atoms with E-state index < -0.39 is 15.8 Å². The van der Waals surface area contributed by atoms with Crippen molar-refractivity contribution in [2.75, 3.05) is 0 Å². The van der Waals surface area contributed by atoms with Gasteiger partial charge in [-0.05, 0) is 17.7 Å². The van der Waals surface area contributed by atoms with E-state index in [1.54, 1.807) is 30.3 Å². The minimum absolute atomic E-state index is 0.103. The van der Waals surface area contributed by atoms with Gasteiger partial charge in [0.15, 0.2) is 0 Å². The van der Waals surface area contributed by atoms with Gasteiger partial charge in [-0.15, -0.1) is 0 Å². The van der Waals surface area contributed by atoms with Gasteiger partial charge in [0.25, 0.3) is 0 Å². The number of nitrogens with one attached hydrogen (secondary N) is 1. The Balaban J connectivity index is 2.22. The van der Waals surface area contributed by atoms with Gasteiger partial charge in [-0.1, -0.05) is 36.4 Å². The van der Waals surface area contributed by atoms with Crippen molar-refractivity contribution in [3.8, 4) is 0 Å². The Labute approximate surface area is 117 Å². The maximum Gasteiger partial charge on any atom is 0.241 e. The van der Waals surface area contributed by atoms with E-state index >= 15 is 0 Å². The standard InChI is InChI=1S/C14H15FN2O2S/c15-13-7-3-1-6-12(13)10-17-20(18,19)14-8-4-2-5-11(14)9-16/h1-8,17H,9-10,16H2. The summed E-state index contributed by atoms with van der Waals surface area (Å²) in [5.74, 6) is -0.442. The monoisotopic (exact) mass is 294 g/mol. The van der Waals surface area contributed by atoms with Gasteiger partial charge in [-0.25, -0.2) is 17.5 Å². The van der Waals surface area contributed by atoms with Crippen molar-refractivity contribution in [2.45, 2.75) is 18.0 Å². The summed E-state index contributed by atoms with van der Waals surface area (Å²) in [5.41, 5.74) is 6.34. The first kappa shape index (κ1) is 14.6. The normalized spacial score (nSPS) is 11.5. The molecule has 0 saturated carbocycles. The summed E-state index contributed by atoms with van der Waals surface area (Å²) in [6, 6.07) is 12.5. The van der Waals surface area contributed by atoms with Gasteiger partial charge in [-0.3, -0.25) is 0 Å². The second-order valence-electron chi connectivity index (χ2n) is 4.23. The number of hydrogen-bond donors (Lipinski definition) is 2. The molecule has 0 saturated heterocycles. The van der Waals surface area contributed by atoms with Crippen LogP contribution in [0.25, 0.3) is 0 Å². The molecule has 0 heterocycles. The average molecular weight is 294 g/mol. The Morgan fingerprint density at radius 3 is 2.25 bits per heavy atom. The van der Waals surface area contributed by atoms with E-state index in [0.717, 1.165) is 0 Å². The van der Waals surface area contributed by atoms with E-state index in [9.17, 15) is 12.8 Å². The molecule has 3 N–H and O–H groups in total. The molecule has 2 rings (SSSR count). The summed E-state index contributed by atoms with van der Waals surface area (Å²) in [6.45, 7) is 0.0185. The lowest BCUT2D eigenvalue weighted by Gasteiger charge is -2.10. The lowest BCUT2D eigenvalue weighted by Crippen LogP contribution is -2.25. The largest absolute Gasteiger partial charge is 0.326 e. The molecule has 0 aliphatic carbocycles. The predicted octanol–water partition coefficient (Wildman–Crippen LogP) is 1.76. The third-order valence-electron chi connectivity index (χ3n) is 2.89. The number of benzene rings is 2. The minimum Gasteiger partial charge on any atom is -0.326 e. The fourth-order valence-corrected chi connectivity index (χ4v) is 3.08. The van der Waals surface area contributed by atoms with Crippen LogP contribution in [0.1, 0.15) is 11.1 Å². The fourth-order valence-electron chi connectivity index (χ4n) is 1.83. The highest BCUT2D eigenvalue weighted by Crippen LogP contribution is 2.15. The van der Waals surface area contributed by atoms with E-state index in [0.29, 0.717) is 11.1 Å². The first-order valence-corrected chi connectivity index (χ1v) is 7.54. The maximum atomic E-state index is 13.5. The van der Waals surface area contributed by atoms with Crippen molar-refractivity contribution in [3.05, 3.63) is 65.5 Å². The second-order valence-corrected chi connectivity index (χ2v) is 5.96. The van der Waals surface area contributed by atoms with Crippen molar-refractivity contribution in [1.82, 2.24) is 4.72 Å². The highest BCUT2D eigenvalue weighted by Gasteiger charge is 2.17. The Kier molecular flexibility index (Phi) is 4.49. The van der Waals surface area contributed by atoms with Crippen molar-refractivity contribution in [2.24, 2.45) is 5.73 Å². The van der Waals surface area contributed by atoms with Crippen LogP contribution in [0.4, 0.5) is 4.39 Å². The van der Waals surface area contributed by atoms with Gasteiger partial charge in [0.2, 0.25) is 10.0 Å². The van der Waals surface area contributed by atoms with Crippen LogP contribution in [0, 0.1) is 5.82 Å². The van der Waals surface area contributed by atoms with Crippen LogP contribution in [0.15, 0.2) is 53.4 Å². The van der Waals surface area contributed by atoms with E-state index in [1.165, 1.54) is 18.2 Å². The van der Waals surface area contributed by atoms with Crippen molar-refractivity contribution in [3.63, 3.8) is 0 Å². The topological polar surface area (TPSA) is 72.2 Å². The van der Waals surface area contributed by atoms with Crippen LogP contribution in [0.5, 0.6) is 0 Å².